The quantitative estimate of drug-likeness (QED) is 0.440. The largest absolute Gasteiger partial charge is 0.371 e. The van der Waals surface area contributed by atoms with Crippen LogP contribution in [0.1, 0.15) is 62.0 Å². The van der Waals surface area contributed by atoms with Gasteiger partial charge in [0.15, 0.2) is 0 Å². The maximum Gasteiger partial charge on any atom is 0.255 e. The van der Waals surface area contributed by atoms with Gasteiger partial charge in [0.25, 0.3) is 5.91 Å². The molecule has 1 aromatic heterocycles. The molecular formula is C27H32ClN5O2. The smallest absolute Gasteiger partial charge is 0.255 e. The van der Waals surface area contributed by atoms with Crippen molar-refractivity contribution >= 4 is 34.8 Å². The lowest BCUT2D eigenvalue weighted by Crippen LogP contribution is -2.36. The number of nitrogens with one attached hydrogen (secondary N) is 2. The van der Waals surface area contributed by atoms with Gasteiger partial charge in [-0.15, -0.1) is 0 Å². The highest BCUT2D eigenvalue weighted by Gasteiger charge is 2.23. The van der Waals surface area contributed by atoms with Crippen molar-refractivity contribution in [2.24, 2.45) is 0 Å². The van der Waals surface area contributed by atoms with Crippen molar-refractivity contribution < 1.29 is 9.59 Å². The molecule has 1 atom stereocenters. The second-order valence-electron chi connectivity index (χ2n) is 9.36. The Balaban J connectivity index is 1.39. The zero-order chi connectivity index (χ0) is 24.9. The number of carbonyl (C=O) groups is 2. The molecule has 0 spiro atoms. The molecule has 8 heteroatoms. The first-order chi connectivity index (χ1) is 16.8. The van der Waals surface area contributed by atoms with Gasteiger partial charge in [0.1, 0.15) is 0 Å². The summed E-state index contributed by atoms with van der Waals surface area (Å²) in [4.78, 5) is 28.1. The summed E-state index contributed by atoms with van der Waals surface area (Å²) in [6.07, 6.45) is 4.13. The van der Waals surface area contributed by atoms with E-state index in [0.29, 0.717) is 10.6 Å². The van der Waals surface area contributed by atoms with E-state index in [-0.39, 0.29) is 30.2 Å². The van der Waals surface area contributed by atoms with Gasteiger partial charge in [-0.05, 0) is 62.1 Å². The lowest BCUT2D eigenvalue weighted by Gasteiger charge is -2.19. The Kier molecular flexibility index (Phi) is 7.76. The molecule has 184 valence electrons. The molecule has 2 heterocycles. The lowest BCUT2D eigenvalue weighted by atomic mass is 10.0. The molecule has 1 aliphatic rings. The fourth-order valence-electron chi connectivity index (χ4n) is 4.50. The van der Waals surface area contributed by atoms with Crippen molar-refractivity contribution in [2.45, 2.75) is 52.0 Å². The zero-order valence-electron chi connectivity index (χ0n) is 20.4. The Morgan fingerprint density at radius 2 is 1.74 bits per heavy atom. The predicted octanol–water partition coefficient (Wildman–Crippen LogP) is 5.40. The number of halogens is 1. The number of anilines is 2. The van der Waals surface area contributed by atoms with Crippen LogP contribution >= 0.6 is 11.6 Å². The van der Waals surface area contributed by atoms with Gasteiger partial charge >= 0.3 is 0 Å². The van der Waals surface area contributed by atoms with Crippen LogP contribution in [0, 0.1) is 0 Å². The highest BCUT2D eigenvalue weighted by molar-refractivity contribution is 6.30. The molecule has 0 aliphatic carbocycles. The van der Waals surface area contributed by atoms with E-state index in [1.165, 1.54) is 12.8 Å². The lowest BCUT2D eigenvalue weighted by molar-refractivity contribution is -0.116. The van der Waals surface area contributed by atoms with Gasteiger partial charge < -0.3 is 15.5 Å². The third-order valence-electron chi connectivity index (χ3n) is 6.12. The van der Waals surface area contributed by atoms with Crippen molar-refractivity contribution in [3.05, 3.63) is 71.0 Å². The highest BCUT2D eigenvalue weighted by Crippen LogP contribution is 2.25. The summed E-state index contributed by atoms with van der Waals surface area (Å²) in [5.41, 5.74) is 3.97. The Morgan fingerprint density at radius 1 is 1.03 bits per heavy atom. The van der Waals surface area contributed by atoms with E-state index in [1.807, 2.05) is 57.2 Å². The predicted molar refractivity (Wildman–Crippen MR) is 141 cm³/mol. The van der Waals surface area contributed by atoms with Gasteiger partial charge in [-0.25, -0.2) is 4.68 Å². The summed E-state index contributed by atoms with van der Waals surface area (Å²) in [7, 11) is 0. The first-order valence-corrected chi connectivity index (χ1v) is 12.5. The molecule has 2 N–H and O–H groups in total. The number of rotatable bonds is 8. The van der Waals surface area contributed by atoms with Gasteiger partial charge in [-0.3, -0.25) is 9.59 Å². The van der Waals surface area contributed by atoms with Crippen LogP contribution in [0.5, 0.6) is 0 Å². The molecule has 2 aromatic carbocycles. The van der Waals surface area contributed by atoms with E-state index in [0.717, 1.165) is 35.8 Å². The van der Waals surface area contributed by atoms with Crippen LogP contribution in [0.4, 0.5) is 11.4 Å². The molecule has 4 rings (SSSR count). The van der Waals surface area contributed by atoms with Gasteiger partial charge in [-0.2, -0.15) is 5.10 Å². The molecule has 1 unspecified atom stereocenters. The summed E-state index contributed by atoms with van der Waals surface area (Å²) < 4.78 is 1.75. The molecule has 1 aliphatic heterocycles. The van der Waals surface area contributed by atoms with E-state index < -0.39 is 0 Å². The van der Waals surface area contributed by atoms with Crippen molar-refractivity contribution in [3.8, 4) is 5.69 Å². The van der Waals surface area contributed by atoms with Crippen LogP contribution in [-0.4, -0.2) is 40.7 Å². The molecule has 0 saturated carbocycles. The monoisotopic (exact) mass is 493 g/mol. The summed E-state index contributed by atoms with van der Waals surface area (Å²) in [5.74, 6) is -0.341. The minimum atomic E-state index is -0.348. The minimum absolute atomic E-state index is 0.0544. The zero-order valence-corrected chi connectivity index (χ0v) is 21.2. The summed E-state index contributed by atoms with van der Waals surface area (Å²) in [6.45, 7) is 7.96. The molecule has 7 nitrogen and oxygen atoms in total. The SMILES string of the molecule is CC(CC(=O)Nc1cccc(N2CCCC2)c1)NC(=O)c1cnn(-c2cccc(Cl)c2)c1C(C)C. The number of carbonyl (C=O) groups excluding carboxylic acids is 2. The molecule has 35 heavy (non-hydrogen) atoms. The first kappa shape index (κ1) is 24.8. The second-order valence-corrected chi connectivity index (χ2v) is 9.80. The summed E-state index contributed by atoms with van der Waals surface area (Å²) in [6, 6.07) is 14.9. The summed E-state index contributed by atoms with van der Waals surface area (Å²) in [5, 5.41) is 11.0. The average molecular weight is 494 g/mol. The second kappa shape index (κ2) is 11.0. The van der Waals surface area contributed by atoms with Gasteiger partial charge in [0.05, 0.1) is 23.1 Å². The molecule has 3 aromatic rings. The molecule has 1 saturated heterocycles. The Labute approximate surface area is 211 Å². The highest BCUT2D eigenvalue weighted by atomic mass is 35.5. The standard InChI is InChI=1S/C27H32ClN5O2/c1-18(2)26-24(17-29-33(26)23-11-6-8-20(28)15-23)27(35)30-19(3)14-25(34)31-21-9-7-10-22(16-21)32-12-4-5-13-32/h6-11,15-19H,4-5,12-14H2,1-3H3,(H,30,35)(H,31,34). The number of aromatic nitrogens is 2. The Morgan fingerprint density at radius 3 is 2.46 bits per heavy atom. The molecule has 0 radical (unpaired) electrons. The molecule has 2 amide bonds. The minimum Gasteiger partial charge on any atom is -0.371 e. The Hall–Kier alpha value is -3.32. The average Bonchev–Trinajstić information content (AvgIpc) is 3.49. The number of nitrogens with zero attached hydrogens (tertiary/aromatic N) is 3. The first-order valence-electron chi connectivity index (χ1n) is 12.1. The van der Waals surface area contributed by atoms with Crippen molar-refractivity contribution in [3.63, 3.8) is 0 Å². The molecular weight excluding hydrogens is 462 g/mol. The normalized spacial score (nSPS) is 14.3. The van der Waals surface area contributed by atoms with Crippen LogP contribution in [0.15, 0.2) is 54.7 Å². The fraction of sp³-hybridized carbons (Fsp3) is 0.370. The van der Waals surface area contributed by atoms with E-state index in [2.05, 4.69) is 26.7 Å². The van der Waals surface area contributed by atoms with Gasteiger partial charge in [0, 0.05) is 41.9 Å². The van der Waals surface area contributed by atoms with Crippen LogP contribution < -0.4 is 15.5 Å². The number of hydrogen-bond acceptors (Lipinski definition) is 4. The van der Waals surface area contributed by atoms with Gasteiger partial charge in [0.2, 0.25) is 5.91 Å². The summed E-state index contributed by atoms with van der Waals surface area (Å²) >= 11 is 6.15. The fourth-order valence-corrected chi connectivity index (χ4v) is 4.68. The molecule has 0 bridgehead atoms. The number of hydrogen-bond donors (Lipinski definition) is 2. The third kappa shape index (κ3) is 6.03. The van der Waals surface area contributed by atoms with Crippen molar-refractivity contribution in [2.75, 3.05) is 23.3 Å². The third-order valence-corrected chi connectivity index (χ3v) is 6.36. The van der Waals surface area contributed by atoms with E-state index in [4.69, 9.17) is 11.6 Å². The molecule has 1 fully saturated rings. The van der Waals surface area contributed by atoms with Gasteiger partial charge in [-0.1, -0.05) is 37.6 Å². The van der Waals surface area contributed by atoms with Crippen LogP contribution in [0.25, 0.3) is 5.69 Å². The van der Waals surface area contributed by atoms with Crippen molar-refractivity contribution in [1.29, 1.82) is 0 Å². The van der Waals surface area contributed by atoms with Crippen LogP contribution in [0.2, 0.25) is 5.02 Å². The van der Waals surface area contributed by atoms with Crippen LogP contribution in [0.3, 0.4) is 0 Å². The Bertz CT molecular complexity index is 1200. The number of amides is 2. The maximum atomic E-state index is 13.1. The van der Waals surface area contributed by atoms with E-state index in [1.54, 1.807) is 16.9 Å². The maximum absolute atomic E-state index is 13.1. The topological polar surface area (TPSA) is 79.3 Å². The number of benzene rings is 2. The van der Waals surface area contributed by atoms with E-state index in [9.17, 15) is 9.59 Å². The van der Waals surface area contributed by atoms with E-state index >= 15 is 0 Å². The van der Waals surface area contributed by atoms with Crippen molar-refractivity contribution in [1.82, 2.24) is 15.1 Å². The van der Waals surface area contributed by atoms with Crippen LogP contribution in [-0.2, 0) is 4.79 Å².